The number of amides is 1. The number of aryl methyl sites for hydroxylation is 1. The molecular weight excluding hydrogens is 328 g/mol. The summed E-state index contributed by atoms with van der Waals surface area (Å²) in [7, 11) is 3.60. The number of aromatic nitrogens is 2. The van der Waals surface area contributed by atoms with Crippen LogP contribution in [0, 0.1) is 6.92 Å². The van der Waals surface area contributed by atoms with Crippen molar-refractivity contribution in [2.45, 2.75) is 25.5 Å². The van der Waals surface area contributed by atoms with Gasteiger partial charge in [-0.3, -0.25) is 9.69 Å². The van der Waals surface area contributed by atoms with E-state index < -0.39 is 0 Å². The van der Waals surface area contributed by atoms with E-state index in [1.807, 2.05) is 49.2 Å². The molecule has 2 heterocycles. The number of hydrogen-bond acceptors (Lipinski definition) is 4. The van der Waals surface area contributed by atoms with Crippen molar-refractivity contribution < 1.29 is 9.53 Å². The molecule has 2 aromatic rings. The van der Waals surface area contributed by atoms with E-state index in [2.05, 4.69) is 10.4 Å². The van der Waals surface area contributed by atoms with Crippen LogP contribution in [0.2, 0.25) is 5.02 Å². The molecule has 1 aromatic heterocycles. The van der Waals surface area contributed by atoms with Gasteiger partial charge in [0.05, 0.1) is 22.9 Å². The van der Waals surface area contributed by atoms with Crippen LogP contribution < -0.4 is 5.32 Å². The summed E-state index contributed by atoms with van der Waals surface area (Å²) >= 11 is 6.23. The molecule has 1 saturated heterocycles. The van der Waals surface area contributed by atoms with Gasteiger partial charge in [0.2, 0.25) is 5.91 Å². The monoisotopic (exact) mass is 348 g/mol. The second-order valence-electron chi connectivity index (χ2n) is 6.07. The van der Waals surface area contributed by atoms with Crippen molar-refractivity contribution >= 4 is 23.3 Å². The molecule has 1 aliphatic heterocycles. The molecular formula is C17H21ClN4O2. The number of carbonyl (C=O) groups excluding carboxylic acids is 1. The van der Waals surface area contributed by atoms with Gasteiger partial charge in [-0.25, -0.2) is 4.68 Å². The van der Waals surface area contributed by atoms with Gasteiger partial charge in [-0.05, 0) is 32.5 Å². The van der Waals surface area contributed by atoms with E-state index in [0.29, 0.717) is 17.3 Å². The van der Waals surface area contributed by atoms with Crippen LogP contribution in [0.4, 0.5) is 5.82 Å². The molecule has 24 heavy (non-hydrogen) atoms. The number of rotatable bonds is 4. The van der Waals surface area contributed by atoms with Gasteiger partial charge in [0.15, 0.2) is 5.82 Å². The topological polar surface area (TPSA) is 59.4 Å². The fourth-order valence-electron chi connectivity index (χ4n) is 3.04. The molecule has 0 aliphatic carbocycles. The first-order valence-electron chi connectivity index (χ1n) is 7.85. The van der Waals surface area contributed by atoms with Crippen LogP contribution in [0.1, 0.15) is 12.1 Å². The third-order valence-electron chi connectivity index (χ3n) is 4.37. The maximum atomic E-state index is 12.5. The van der Waals surface area contributed by atoms with Crippen LogP contribution >= 0.6 is 11.6 Å². The summed E-state index contributed by atoms with van der Waals surface area (Å²) in [5.74, 6) is 0.451. The normalized spacial score (nSPS) is 21.2. The standard InChI is InChI=1S/C17H21ClN4O2/c1-11-8-16(20-22(11)14-7-5-4-6-13(14)18)19-17(23)15-9-12(24-3)10-21(15)2/h4-8,12,15H,9-10H2,1-3H3,(H,19,20,23)/t12-,15-/m0/s1. The summed E-state index contributed by atoms with van der Waals surface area (Å²) in [4.78, 5) is 14.5. The van der Waals surface area contributed by atoms with Gasteiger partial charge in [0.25, 0.3) is 0 Å². The molecule has 1 aromatic carbocycles. The van der Waals surface area contributed by atoms with Crippen molar-refractivity contribution in [1.29, 1.82) is 0 Å². The number of benzene rings is 1. The highest BCUT2D eigenvalue weighted by atomic mass is 35.5. The van der Waals surface area contributed by atoms with Gasteiger partial charge in [0.1, 0.15) is 0 Å². The zero-order chi connectivity index (χ0) is 17.3. The van der Waals surface area contributed by atoms with E-state index in [1.165, 1.54) is 0 Å². The average Bonchev–Trinajstić information content (AvgIpc) is 3.10. The zero-order valence-electron chi connectivity index (χ0n) is 14.0. The van der Waals surface area contributed by atoms with Gasteiger partial charge in [-0.2, -0.15) is 0 Å². The van der Waals surface area contributed by atoms with Crippen molar-refractivity contribution in [2.24, 2.45) is 0 Å². The van der Waals surface area contributed by atoms with Crippen LogP contribution in [0.25, 0.3) is 5.69 Å². The number of para-hydroxylation sites is 1. The number of ether oxygens (including phenoxy) is 1. The molecule has 0 saturated carbocycles. The molecule has 128 valence electrons. The summed E-state index contributed by atoms with van der Waals surface area (Å²) in [6.45, 7) is 2.68. The maximum absolute atomic E-state index is 12.5. The van der Waals surface area contributed by atoms with E-state index in [4.69, 9.17) is 16.3 Å². The summed E-state index contributed by atoms with van der Waals surface area (Å²) in [6.07, 6.45) is 0.774. The molecule has 1 amide bonds. The third-order valence-corrected chi connectivity index (χ3v) is 4.68. The number of methoxy groups -OCH3 is 1. The highest BCUT2D eigenvalue weighted by molar-refractivity contribution is 6.32. The van der Waals surface area contributed by atoms with Crippen LogP contribution in [-0.2, 0) is 9.53 Å². The Bertz CT molecular complexity index is 746. The fourth-order valence-corrected chi connectivity index (χ4v) is 3.26. The number of carbonyl (C=O) groups is 1. The lowest BCUT2D eigenvalue weighted by molar-refractivity contribution is -0.120. The van der Waals surface area contributed by atoms with Gasteiger partial charge in [-0.1, -0.05) is 23.7 Å². The summed E-state index contributed by atoms with van der Waals surface area (Å²) in [5.41, 5.74) is 1.68. The van der Waals surface area contributed by atoms with Crippen LogP contribution in [0.15, 0.2) is 30.3 Å². The van der Waals surface area contributed by atoms with Gasteiger partial charge in [0, 0.05) is 25.4 Å². The quantitative estimate of drug-likeness (QED) is 0.922. The van der Waals surface area contributed by atoms with Gasteiger partial charge >= 0.3 is 0 Å². The fraction of sp³-hybridized carbons (Fsp3) is 0.412. The van der Waals surface area contributed by atoms with Crippen molar-refractivity contribution in [1.82, 2.24) is 14.7 Å². The van der Waals surface area contributed by atoms with Crippen LogP contribution in [0.3, 0.4) is 0 Å². The Balaban J connectivity index is 1.76. The first-order chi connectivity index (χ1) is 11.5. The minimum Gasteiger partial charge on any atom is -0.380 e. The van der Waals surface area contributed by atoms with Crippen LogP contribution in [0.5, 0.6) is 0 Å². The Morgan fingerprint density at radius 1 is 1.42 bits per heavy atom. The minimum atomic E-state index is -0.208. The van der Waals surface area contributed by atoms with Crippen molar-refractivity contribution in [3.63, 3.8) is 0 Å². The lowest BCUT2D eigenvalue weighted by Gasteiger charge is -2.17. The summed E-state index contributed by atoms with van der Waals surface area (Å²) in [5, 5.41) is 7.98. The Kier molecular flexibility index (Phi) is 4.89. The van der Waals surface area contributed by atoms with Crippen LogP contribution in [-0.4, -0.2) is 53.4 Å². The molecule has 1 N–H and O–H groups in total. The minimum absolute atomic E-state index is 0.0686. The second-order valence-corrected chi connectivity index (χ2v) is 6.48. The molecule has 0 spiro atoms. The van der Waals surface area contributed by atoms with E-state index >= 15 is 0 Å². The number of halogens is 1. The lowest BCUT2D eigenvalue weighted by Crippen LogP contribution is -2.37. The van der Waals surface area contributed by atoms with Gasteiger partial charge < -0.3 is 10.1 Å². The number of likely N-dealkylation sites (tertiary alicyclic amines) is 1. The molecule has 7 heteroatoms. The lowest BCUT2D eigenvalue weighted by atomic mass is 10.2. The first-order valence-corrected chi connectivity index (χ1v) is 8.23. The Morgan fingerprint density at radius 2 is 2.17 bits per heavy atom. The van der Waals surface area contributed by atoms with E-state index in [0.717, 1.165) is 17.9 Å². The highest BCUT2D eigenvalue weighted by Gasteiger charge is 2.34. The SMILES string of the molecule is CO[C@H]1C[C@@H](C(=O)Nc2cc(C)n(-c3ccccc3Cl)n2)N(C)C1. The van der Waals surface area contributed by atoms with E-state index in [-0.39, 0.29) is 18.1 Å². The summed E-state index contributed by atoms with van der Waals surface area (Å²) < 4.78 is 7.08. The number of likely N-dealkylation sites (N-methyl/N-ethyl adjacent to an activating group) is 1. The Morgan fingerprint density at radius 3 is 2.83 bits per heavy atom. The molecule has 1 fully saturated rings. The third kappa shape index (κ3) is 3.31. The Labute approximate surface area is 146 Å². The predicted octanol–water partition coefficient (Wildman–Crippen LogP) is 2.49. The molecule has 2 atom stereocenters. The Hall–Kier alpha value is -1.89. The number of anilines is 1. The predicted molar refractivity (Wildman–Crippen MR) is 93.8 cm³/mol. The molecule has 0 bridgehead atoms. The number of nitrogens with zero attached hydrogens (tertiary/aromatic N) is 3. The average molecular weight is 349 g/mol. The van der Waals surface area contributed by atoms with Crippen molar-refractivity contribution in [3.05, 3.63) is 41.0 Å². The maximum Gasteiger partial charge on any atom is 0.243 e. The molecule has 3 rings (SSSR count). The first kappa shape index (κ1) is 17.0. The van der Waals surface area contributed by atoms with Crippen molar-refractivity contribution in [2.75, 3.05) is 26.0 Å². The van der Waals surface area contributed by atoms with Gasteiger partial charge in [-0.15, -0.1) is 5.10 Å². The smallest absolute Gasteiger partial charge is 0.243 e. The molecule has 0 radical (unpaired) electrons. The zero-order valence-corrected chi connectivity index (χ0v) is 14.7. The highest BCUT2D eigenvalue weighted by Crippen LogP contribution is 2.23. The largest absolute Gasteiger partial charge is 0.380 e. The van der Waals surface area contributed by atoms with Crippen molar-refractivity contribution in [3.8, 4) is 5.69 Å². The summed E-state index contributed by atoms with van der Waals surface area (Å²) in [6, 6.07) is 9.11. The molecule has 0 unspecified atom stereocenters. The number of nitrogens with one attached hydrogen (secondary N) is 1. The molecule has 6 nitrogen and oxygen atoms in total. The van der Waals surface area contributed by atoms with E-state index in [1.54, 1.807) is 11.8 Å². The van der Waals surface area contributed by atoms with E-state index in [9.17, 15) is 4.79 Å². The number of hydrogen-bond donors (Lipinski definition) is 1. The molecule has 1 aliphatic rings. The second kappa shape index (κ2) is 6.93.